The number of carbonyl (C=O) groups is 1. The molecular formula is C10H19ClN2OS. The number of rotatable bonds is 1. The van der Waals surface area contributed by atoms with Gasteiger partial charge in [-0.05, 0) is 18.8 Å². The number of nitrogens with one attached hydrogen (secondary N) is 1. The number of thioether (sulfide) groups is 1. The number of amides is 1. The summed E-state index contributed by atoms with van der Waals surface area (Å²) in [7, 11) is 0. The fraction of sp³-hybridized carbons (Fsp3) is 0.900. The minimum absolute atomic E-state index is 0. The molecule has 15 heavy (non-hydrogen) atoms. The predicted octanol–water partition coefficient (Wildman–Crippen LogP) is 1.33. The van der Waals surface area contributed by atoms with E-state index in [0.29, 0.717) is 5.91 Å². The van der Waals surface area contributed by atoms with Gasteiger partial charge in [0, 0.05) is 24.7 Å². The predicted molar refractivity (Wildman–Crippen MR) is 66.5 cm³/mol. The molecule has 2 heterocycles. The lowest BCUT2D eigenvalue weighted by atomic mass is 9.99. The normalized spacial score (nSPS) is 27.5. The van der Waals surface area contributed by atoms with Crippen LogP contribution in [0, 0.1) is 5.92 Å². The Hall–Kier alpha value is 0.0700. The van der Waals surface area contributed by atoms with Crippen molar-refractivity contribution in [3.8, 4) is 0 Å². The zero-order chi connectivity index (χ0) is 9.97. The van der Waals surface area contributed by atoms with Crippen molar-refractivity contribution >= 4 is 30.1 Å². The van der Waals surface area contributed by atoms with Crippen LogP contribution in [0.5, 0.6) is 0 Å². The van der Waals surface area contributed by atoms with Gasteiger partial charge in [0.2, 0.25) is 5.91 Å². The maximum absolute atomic E-state index is 12.0. The Bertz CT molecular complexity index is 213. The van der Waals surface area contributed by atoms with Crippen molar-refractivity contribution in [3.05, 3.63) is 0 Å². The average molecular weight is 251 g/mol. The Balaban J connectivity index is 0.00000112. The van der Waals surface area contributed by atoms with Gasteiger partial charge < -0.3 is 4.90 Å². The maximum Gasteiger partial charge on any atom is 0.240 e. The first-order valence-electron chi connectivity index (χ1n) is 5.37. The van der Waals surface area contributed by atoms with E-state index in [0.717, 1.165) is 30.6 Å². The van der Waals surface area contributed by atoms with Crippen molar-refractivity contribution < 1.29 is 4.79 Å². The van der Waals surface area contributed by atoms with Crippen LogP contribution < -0.4 is 5.32 Å². The molecule has 0 saturated carbocycles. The summed E-state index contributed by atoms with van der Waals surface area (Å²) in [6.07, 6.45) is 2.34. The van der Waals surface area contributed by atoms with E-state index in [1.165, 1.54) is 12.8 Å². The zero-order valence-corrected chi connectivity index (χ0v) is 10.7. The van der Waals surface area contributed by atoms with E-state index >= 15 is 0 Å². The Morgan fingerprint density at radius 2 is 2.07 bits per heavy atom. The topological polar surface area (TPSA) is 32.3 Å². The summed E-state index contributed by atoms with van der Waals surface area (Å²) in [5.74, 6) is 3.00. The minimum atomic E-state index is 0. The molecule has 5 heteroatoms. The van der Waals surface area contributed by atoms with Crippen molar-refractivity contribution in [2.75, 3.05) is 24.7 Å². The van der Waals surface area contributed by atoms with Crippen molar-refractivity contribution in [2.45, 2.75) is 25.8 Å². The average Bonchev–Trinajstić information content (AvgIpc) is 2.71. The number of hydrogen-bond donors (Lipinski definition) is 1. The SMILES string of the molecule is CC1CCN(C(=O)[C@H]2CSCN2)CC1.Cl. The molecule has 0 radical (unpaired) electrons. The highest BCUT2D eigenvalue weighted by molar-refractivity contribution is 7.99. The van der Waals surface area contributed by atoms with Gasteiger partial charge in [-0.1, -0.05) is 6.92 Å². The molecule has 0 aliphatic carbocycles. The zero-order valence-electron chi connectivity index (χ0n) is 9.07. The number of carbonyl (C=O) groups excluding carboxylic acids is 1. The maximum atomic E-state index is 12.0. The van der Waals surface area contributed by atoms with Gasteiger partial charge in [0.15, 0.2) is 0 Å². The number of halogens is 1. The highest BCUT2D eigenvalue weighted by atomic mass is 35.5. The molecule has 1 N–H and O–H groups in total. The van der Waals surface area contributed by atoms with E-state index < -0.39 is 0 Å². The Morgan fingerprint density at radius 1 is 1.40 bits per heavy atom. The lowest BCUT2D eigenvalue weighted by Crippen LogP contribution is -2.47. The molecule has 3 nitrogen and oxygen atoms in total. The third-order valence-electron chi connectivity index (χ3n) is 3.11. The van der Waals surface area contributed by atoms with Crippen LogP contribution >= 0.6 is 24.2 Å². The number of piperidine rings is 1. The van der Waals surface area contributed by atoms with Gasteiger partial charge in [-0.15, -0.1) is 24.2 Å². The van der Waals surface area contributed by atoms with Gasteiger partial charge in [0.05, 0.1) is 6.04 Å². The third kappa shape index (κ3) is 3.26. The van der Waals surface area contributed by atoms with Crippen LogP contribution in [-0.2, 0) is 4.79 Å². The lowest BCUT2D eigenvalue weighted by molar-refractivity contribution is -0.133. The van der Waals surface area contributed by atoms with Gasteiger partial charge in [0.25, 0.3) is 0 Å². The molecular weight excluding hydrogens is 232 g/mol. The smallest absolute Gasteiger partial charge is 0.240 e. The molecule has 0 bridgehead atoms. The summed E-state index contributed by atoms with van der Waals surface area (Å²) in [5, 5.41) is 3.24. The van der Waals surface area contributed by atoms with Crippen LogP contribution in [0.15, 0.2) is 0 Å². The second-order valence-corrected chi connectivity index (χ2v) is 5.31. The highest BCUT2D eigenvalue weighted by Crippen LogP contribution is 2.18. The van der Waals surface area contributed by atoms with Gasteiger partial charge in [0.1, 0.15) is 0 Å². The van der Waals surface area contributed by atoms with E-state index in [4.69, 9.17) is 0 Å². The molecule has 2 fully saturated rings. The quantitative estimate of drug-likeness (QED) is 0.762. The monoisotopic (exact) mass is 250 g/mol. The molecule has 2 aliphatic rings. The molecule has 2 saturated heterocycles. The van der Waals surface area contributed by atoms with Crippen LogP contribution in [0.4, 0.5) is 0 Å². The molecule has 88 valence electrons. The van der Waals surface area contributed by atoms with E-state index in [2.05, 4.69) is 12.2 Å². The standard InChI is InChI=1S/C10H18N2OS.ClH/c1-8-2-4-12(5-3-8)10(13)9-6-14-7-11-9;/h8-9,11H,2-7H2,1H3;1H/t9-;/m1./s1. The third-order valence-corrected chi connectivity index (χ3v) is 4.05. The van der Waals surface area contributed by atoms with Crippen LogP contribution in [-0.4, -0.2) is 41.6 Å². The Morgan fingerprint density at radius 3 is 2.60 bits per heavy atom. The molecule has 1 atom stereocenters. The summed E-state index contributed by atoms with van der Waals surface area (Å²) in [4.78, 5) is 14.0. The summed E-state index contributed by atoms with van der Waals surface area (Å²) < 4.78 is 0. The van der Waals surface area contributed by atoms with Gasteiger partial charge in [-0.25, -0.2) is 0 Å². The first-order valence-corrected chi connectivity index (χ1v) is 6.53. The second-order valence-electron chi connectivity index (χ2n) is 4.28. The molecule has 0 aromatic carbocycles. The second kappa shape index (κ2) is 5.97. The molecule has 0 unspecified atom stereocenters. The number of likely N-dealkylation sites (tertiary alicyclic amines) is 1. The van der Waals surface area contributed by atoms with Crippen molar-refractivity contribution in [1.82, 2.24) is 10.2 Å². The van der Waals surface area contributed by atoms with Gasteiger partial charge in [-0.2, -0.15) is 0 Å². The summed E-state index contributed by atoms with van der Waals surface area (Å²) in [5.41, 5.74) is 0. The Labute approximate surface area is 102 Å². The van der Waals surface area contributed by atoms with Crippen LogP contribution in [0.2, 0.25) is 0 Å². The fourth-order valence-corrected chi connectivity index (χ4v) is 2.94. The van der Waals surface area contributed by atoms with Crippen molar-refractivity contribution in [3.63, 3.8) is 0 Å². The van der Waals surface area contributed by atoms with E-state index in [-0.39, 0.29) is 18.4 Å². The summed E-state index contributed by atoms with van der Waals surface area (Å²) in [6, 6.07) is 0.0911. The fourth-order valence-electron chi connectivity index (χ4n) is 2.00. The molecule has 2 rings (SSSR count). The largest absolute Gasteiger partial charge is 0.341 e. The molecule has 0 aromatic rings. The number of nitrogens with zero attached hydrogens (tertiary/aromatic N) is 1. The molecule has 0 spiro atoms. The van der Waals surface area contributed by atoms with Crippen LogP contribution in [0.1, 0.15) is 19.8 Å². The first-order chi connectivity index (χ1) is 6.77. The Kier molecular flexibility index (Phi) is 5.23. The van der Waals surface area contributed by atoms with Crippen molar-refractivity contribution in [2.24, 2.45) is 5.92 Å². The molecule has 1 amide bonds. The highest BCUT2D eigenvalue weighted by Gasteiger charge is 2.28. The van der Waals surface area contributed by atoms with Crippen molar-refractivity contribution in [1.29, 1.82) is 0 Å². The first kappa shape index (κ1) is 13.1. The van der Waals surface area contributed by atoms with Crippen LogP contribution in [0.25, 0.3) is 0 Å². The van der Waals surface area contributed by atoms with E-state index in [1.807, 2.05) is 16.7 Å². The van der Waals surface area contributed by atoms with E-state index in [1.54, 1.807) is 0 Å². The summed E-state index contributed by atoms with van der Waals surface area (Å²) >= 11 is 1.82. The minimum Gasteiger partial charge on any atom is -0.341 e. The van der Waals surface area contributed by atoms with Crippen LogP contribution in [0.3, 0.4) is 0 Å². The van der Waals surface area contributed by atoms with Gasteiger partial charge in [-0.3, -0.25) is 10.1 Å². The lowest BCUT2D eigenvalue weighted by Gasteiger charge is -2.31. The summed E-state index contributed by atoms with van der Waals surface area (Å²) in [6.45, 7) is 4.19. The molecule has 2 aliphatic heterocycles. The van der Waals surface area contributed by atoms with E-state index in [9.17, 15) is 4.79 Å². The molecule has 0 aromatic heterocycles. The number of hydrogen-bond acceptors (Lipinski definition) is 3. The van der Waals surface area contributed by atoms with Gasteiger partial charge >= 0.3 is 0 Å².